The van der Waals surface area contributed by atoms with Crippen LogP contribution in [0.25, 0.3) is 0 Å². The molecule has 19 heavy (non-hydrogen) atoms. The lowest BCUT2D eigenvalue weighted by molar-refractivity contribution is -0.120. The topological polar surface area (TPSA) is 66.5 Å². The number of ketones is 2. The molecule has 0 spiro atoms. The number of carbonyl (C=O) groups is 3. The van der Waals surface area contributed by atoms with E-state index in [-0.39, 0.29) is 29.0 Å². The molecular weight excluding hydrogens is 264 g/mol. The molecule has 1 fully saturated rings. The van der Waals surface area contributed by atoms with Crippen molar-refractivity contribution in [3.05, 3.63) is 35.4 Å². The standard InChI is InChI=1S/C13H10N2O3S/c16-9-5-6-15(13(19)14-9)10-11(17)7-3-1-2-4-8(7)12(10)18/h1-4,10H,5-6H2,(H,14,16,19). The number of carbonyl (C=O) groups excluding carboxylic acids is 3. The summed E-state index contributed by atoms with van der Waals surface area (Å²) < 4.78 is 0. The van der Waals surface area contributed by atoms with Crippen LogP contribution in [0.15, 0.2) is 24.3 Å². The number of amides is 1. The molecule has 5 nitrogen and oxygen atoms in total. The highest BCUT2D eigenvalue weighted by atomic mass is 32.1. The van der Waals surface area contributed by atoms with Crippen LogP contribution in [0.1, 0.15) is 27.1 Å². The lowest BCUT2D eigenvalue weighted by Crippen LogP contribution is -2.56. The van der Waals surface area contributed by atoms with Gasteiger partial charge in [0.15, 0.2) is 22.7 Å². The first-order valence-corrected chi connectivity index (χ1v) is 6.28. The zero-order valence-electron chi connectivity index (χ0n) is 9.88. The Morgan fingerprint density at radius 1 is 1.11 bits per heavy atom. The molecule has 1 aromatic rings. The molecule has 1 aliphatic carbocycles. The third-order valence-corrected chi connectivity index (χ3v) is 3.69. The van der Waals surface area contributed by atoms with E-state index in [1.54, 1.807) is 24.3 Å². The minimum absolute atomic E-state index is 0.149. The van der Waals surface area contributed by atoms with Gasteiger partial charge >= 0.3 is 0 Å². The van der Waals surface area contributed by atoms with Gasteiger partial charge in [-0.15, -0.1) is 0 Å². The molecule has 3 rings (SSSR count). The number of rotatable bonds is 1. The lowest BCUT2D eigenvalue weighted by Gasteiger charge is -2.32. The van der Waals surface area contributed by atoms with E-state index in [2.05, 4.69) is 5.32 Å². The van der Waals surface area contributed by atoms with Crippen LogP contribution >= 0.6 is 12.2 Å². The molecule has 0 aromatic heterocycles. The summed E-state index contributed by atoms with van der Waals surface area (Å²) in [5.74, 6) is -0.685. The summed E-state index contributed by atoms with van der Waals surface area (Å²) in [7, 11) is 0. The third kappa shape index (κ3) is 1.76. The van der Waals surface area contributed by atoms with E-state index in [1.165, 1.54) is 4.90 Å². The van der Waals surface area contributed by atoms with Crippen LogP contribution in [0.4, 0.5) is 0 Å². The van der Waals surface area contributed by atoms with Crippen molar-refractivity contribution in [3.63, 3.8) is 0 Å². The first-order chi connectivity index (χ1) is 9.09. The highest BCUT2D eigenvalue weighted by Gasteiger charge is 2.44. The molecule has 2 aliphatic rings. The number of thiocarbonyl (C=S) groups is 1. The van der Waals surface area contributed by atoms with E-state index in [0.29, 0.717) is 17.7 Å². The van der Waals surface area contributed by atoms with Crippen molar-refractivity contribution in [1.29, 1.82) is 0 Å². The van der Waals surface area contributed by atoms with Crippen LogP contribution in [0.5, 0.6) is 0 Å². The van der Waals surface area contributed by atoms with Gasteiger partial charge in [-0.1, -0.05) is 24.3 Å². The number of hydrogen-bond acceptors (Lipinski definition) is 4. The van der Waals surface area contributed by atoms with Crippen LogP contribution in [0, 0.1) is 0 Å². The summed E-state index contributed by atoms with van der Waals surface area (Å²) in [6.45, 7) is 0.292. The fraction of sp³-hybridized carbons (Fsp3) is 0.231. The molecule has 0 radical (unpaired) electrons. The molecule has 1 heterocycles. The highest BCUT2D eigenvalue weighted by molar-refractivity contribution is 7.80. The van der Waals surface area contributed by atoms with Gasteiger partial charge in [-0.3, -0.25) is 14.4 Å². The Balaban J connectivity index is 1.96. The summed E-state index contributed by atoms with van der Waals surface area (Å²) >= 11 is 5.05. The molecular formula is C13H10N2O3S. The molecule has 0 atom stereocenters. The summed E-state index contributed by atoms with van der Waals surface area (Å²) in [6, 6.07) is 5.80. The van der Waals surface area contributed by atoms with E-state index in [4.69, 9.17) is 12.2 Å². The molecule has 0 saturated carbocycles. The summed E-state index contributed by atoms with van der Waals surface area (Å²) in [6.07, 6.45) is 0.230. The van der Waals surface area contributed by atoms with Crippen molar-refractivity contribution in [2.24, 2.45) is 0 Å². The van der Waals surface area contributed by atoms with Crippen LogP contribution < -0.4 is 5.32 Å². The van der Waals surface area contributed by atoms with Crippen molar-refractivity contribution in [1.82, 2.24) is 10.2 Å². The van der Waals surface area contributed by atoms with Crippen LogP contribution in [-0.4, -0.2) is 40.1 Å². The smallest absolute Gasteiger partial charge is 0.227 e. The number of benzene rings is 1. The van der Waals surface area contributed by atoms with Crippen molar-refractivity contribution in [3.8, 4) is 0 Å². The minimum atomic E-state index is -0.925. The average Bonchev–Trinajstić information content (AvgIpc) is 2.64. The van der Waals surface area contributed by atoms with Gasteiger partial charge < -0.3 is 10.2 Å². The summed E-state index contributed by atoms with van der Waals surface area (Å²) in [5, 5.41) is 2.64. The van der Waals surface area contributed by atoms with Crippen molar-refractivity contribution in [2.75, 3.05) is 6.54 Å². The molecule has 1 amide bonds. The van der Waals surface area contributed by atoms with Crippen molar-refractivity contribution < 1.29 is 14.4 Å². The Morgan fingerprint density at radius 2 is 1.68 bits per heavy atom. The first kappa shape index (κ1) is 12.0. The predicted octanol–water partition coefficient (Wildman–Crippen LogP) is 0.541. The van der Waals surface area contributed by atoms with Crippen LogP contribution in [-0.2, 0) is 4.79 Å². The third-order valence-electron chi connectivity index (χ3n) is 3.35. The fourth-order valence-corrected chi connectivity index (χ4v) is 2.74. The normalized spacial score (nSPS) is 19.7. The van der Waals surface area contributed by atoms with Crippen LogP contribution in [0.3, 0.4) is 0 Å². The van der Waals surface area contributed by atoms with Gasteiger partial charge in [0.1, 0.15) is 0 Å². The Morgan fingerprint density at radius 3 is 2.21 bits per heavy atom. The Kier molecular flexibility index (Phi) is 2.67. The van der Waals surface area contributed by atoms with Crippen molar-refractivity contribution >= 4 is 34.8 Å². The van der Waals surface area contributed by atoms with Gasteiger partial charge in [0.25, 0.3) is 0 Å². The fourth-order valence-electron chi connectivity index (χ4n) is 2.43. The maximum atomic E-state index is 12.3. The largest absolute Gasteiger partial charge is 0.331 e. The highest BCUT2D eigenvalue weighted by Crippen LogP contribution is 2.26. The van der Waals surface area contributed by atoms with E-state index in [0.717, 1.165) is 0 Å². The SMILES string of the molecule is O=C1CCN(C2C(=O)c3ccccc3C2=O)C(=S)N1. The Labute approximate surface area is 114 Å². The van der Waals surface area contributed by atoms with Gasteiger partial charge in [0.2, 0.25) is 5.91 Å². The van der Waals surface area contributed by atoms with E-state index < -0.39 is 6.04 Å². The second-order valence-electron chi connectivity index (χ2n) is 4.47. The first-order valence-electron chi connectivity index (χ1n) is 5.87. The molecule has 1 aromatic carbocycles. The van der Waals surface area contributed by atoms with Gasteiger partial charge in [0, 0.05) is 24.1 Å². The molecule has 96 valence electrons. The minimum Gasteiger partial charge on any atom is -0.331 e. The summed E-state index contributed by atoms with van der Waals surface area (Å²) in [4.78, 5) is 37.3. The number of hydrogen-bond donors (Lipinski definition) is 1. The van der Waals surface area contributed by atoms with Gasteiger partial charge in [0.05, 0.1) is 0 Å². The number of fused-ring (bicyclic) bond motifs is 1. The second kappa shape index (κ2) is 4.24. The zero-order valence-corrected chi connectivity index (χ0v) is 10.7. The number of nitrogens with zero attached hydrogens (tertiary/aromatic N) is 1. The molecule has 0 unspecified atom stereocenters. The Hall–Kier alpha value is -2.08. The molecule has 6 heteroatoms. The van der Waals surface area contributed by atoms with Gasteiger partial charge in [-0.25, -0.2) is 0 Å². The molecule has 0 bridgehead atoms. The number of nitrogens with one attached hydrogen (secondary N) is 1. The van der Waals surface area contributed by atoms with E-state index in [9.17, 15) is 14.4 Å². The van der Waals surface area contributed by atoms with Crippen molar-refractivity contribution in [2.45, 2.75) is 12.5 Å². The predicted molar refractivity (Wildman–Crippen MR) is 71.0 cm³/mol. The second-order valence-corrected chi connectivity index (χ2v) is 4.86. The van der Waals surface area contributed by atoms with E-state index >= 15 is 0 Å². The quantitative estimate of drug-likeness (QED) is 0.598. The molecule has 1 saturated heterocycles. The molecule has 1 N–H and O–H groups in total. The maximum Gasteiger partial charge on any atom is 0.227 e. The average molecular weight is 274 g/mol. The molecule has 1 aliphatic heterocycles. The lowest BCUT2D eigenvalue weighted by atomic mass is 10.1. The monoisotopic (exact) mass is 274 g/mol. The van der Waals surface area contributed by atoms with Crippen LogP contribution in [0.2, 0.25) is 0 Å². The van der Waals surface area contributed by atoms with E-state index in [1.807, 2.05) is 0 Å². The Bertz CT molecular complexity index is 591. The van der Waals surface area contributed by atoms with Gasteiger partial charge in [-0.2, -0.15) is 0 Å². The zero-order chi connectivity index (χ0) is 13.6. The van der Waals surface area contributed by atoms with Gasteiger partial charge in [-0.05, 0) is 12.2 Å². The summed E-state index contributed by atoms with van der Waals surface area (Å²) in [5.41, 5.74) is 0.856. The maximum absolute atomic E-state index is 12.3. The number of Topliss-reactive ketones (excluding diaryl/α,β-unsaturated/α-hetero) is 2.